The molecule has 0 unspecified atom stereocenters. The van der Waals surface area contributed by atoms with Gasteiger partial charge >= 0.3 is 0 Å². The summed E-state index contributed by atoms with van der Waals surface area (Å²) < 4.78 is 5.17. The minimum Gasteiger partial charge on any atom is -0.496 e. The molecule has 0 aliphatic carbocycles. The molecule has 1 fully saturated rings. The number of hydrogen-bond donors (Lipinski definition) is 2. The molecule has 2 rings (SSSR count). The van der Waals surface area contributed by atoms with Crippen LogP contribution in [-0.2, 0) is 5.60 Å². The van der Waals surface area contributed by atoms with Gasteiger partial charge in [-0.25, -0.2) is 0 Å². The first-order chi connectivity index (χ1) is 6.65. The third kappa shape index (κ3) is 1.38. The molecule has 0 radical (unpaired) electrons. The van der Waals surface area contributed by atoms with Crippen molar-refractivity contribution in [3.05, 3.63) is 29.3 Å². The second kappa shape index (κ2) is 3.26. The van der Waals surface area contributed by atoms with Crippen molar-refractivity contribution in [2.75, 3.05) is 20.2 Å². The third-order valence-corrected chi connectivity index (χ3v) is 2.77. The number of ether oxygens (including phenoxy) is 1. The van der Waals surface area contributed by atoms with E-state index in [0.29, 0.717) is 13.1 Å². The standard InChI is InChI=1S/C11H15NO2/c1-8-5-9(3-4-10(8)14-2)11(13)6-12-7-11/h3-5,12-13H,6-7H2,1-2H3. The molecule has 2 N–H and O–H groups in total. The second-order valence-electron chi connectivity index (χ2n) is 3.82. The molecule has 1 aliphatic rings. The lowest BCUT2D eigenvalue weighted by Gasteiger charge is -2.38. The number of hydrogen-bond acceptors (Lipinski definition) is 3. The van der Waals surface area contributed by atoms with Crippen molar-refractivity contribution in [2.45, 2.75) is 12.5 Å². The van der Waals surface area contributed by atoms with E-state index >= 15 is 0 Å². The summed E-state index contributed by atoms with van der Waals surface area (Å²) in [4.78, 5) is 0. The highest BCUT2D eigenvalue weighted by molar-refractivity contribution is 5.39. The van der Waals surface area contributed by atoms with E-state index in [-0.39, 0.29) is 0 Å². The monoisotopic (exact) mass is 193 g/mol. The largest absolute Gasteiger partial charge is 0.496 e. The Labute approximate surface area is 83.7 Å². The lowest BCUT2D eigenvalue weighted by Crippen LogP contribution is -2.56. The summed E-state index contributed by atoms with van der Waals surface area (Å²) in [5.41, 5.74) is 1.36. The first-order valence-electron chi connectivity index (χ1n) is 4.74. The highest BCUT2D eigenvalue weighted by Gasteiger charge is 2.36. The molecule has 0 atom stereocenters. The van der Waals surface area contributed by atoms with Crippen LogP contribution in [0.5, 0.6) is 5.75 Å². The first kappa shape index (κ1) is 9.49. The number of aryl methyl sites for hydroxylation is 1. The molecule has 0 amide bonds. The number of rotatable bonds is 2. The van der Waals surface area contributed by atoms with Gasteiger partial charge in [-0.3, -0.25) is 0 Å². The number of methoxy groups -OCH3 is 1. The van der Waals surface area contributed by atoms with Gasteiger partial charge in [0.05, 0.1) is 7.11 Å². The highest BCUT2D eigenvalue weighted by atomic mass is 16.5. The summed E-state index contributed by atoms with van der Waals surface area (Å²) in [7, 11) is 1.65. The summed E-state index contributed by atoms with van der Waals surface area (Å²) in [6.45, 7) is 3.26. The van der Waals surface area contributed by atoms with Crippen LogP contribution in [0.4, 0.5) is 0 Å². The van der Waals surface area contributed by atoms with Crippen molar-refractivity contribution in [3.8, 4) is 5.75 Å². The highest BCUT2D eigenvalue weighted by Crippen LogP contribution is 2.29. The fourth-order valence-corrected chi connectivity index (χ4v) is 1.73. The summed E-state index contributed by atoms with van der Waals surface area (Å²) >= 11 is 0. The van der Waals surface area contributed by atoms with Crippen LogP contribution in [0.25, 0.3) is 0 Å². The maximum atomic E-state index is 10.1. The molecule has 1 aromatic carbocycles. The van der Waals surface area contributed by atoms with Gasteiger partial charge in [0.25, 0.3) is 0 Å². The van der Waals surface area contributed by atoms with E-state index in [1.165, 1.54) is 0 Å². The number of aliphatic hydroxyl groups is 1. The minimum atomic E-state index is -0.670. The Kier molecular flexibility index (Phi) is 2.21. The quantitative estimate of drug-likeness (QED) is 0.729. The molecule has 1 aliphatic heterocycles. The zero-order valence-corrected chi connectivity index (χ0v) is 8.50. The molecule has 0 bridgehead atoms. The van der Waals surface area contributed by atoms with E-state index < -0.39 is 5.60 Å². The van der Waals surface area contributed by atoms with Gasteiger partial charge in [0.15, 0.2) is 0 Å². The first-order valence-corrected chi connectivity index (χ1v) is 4.74. The van der Waals surface area contributed by atoms with Crippen LogP contribution in [0, 0.1) is 6.92 Å². The molecule has 3 heteroatoms. The molecule has 0 spiro atoms. The van der Waals surface area contributed by atoms with Crippen LogP contribution in [0.2, 0.25) is 0 Å². The second-order valence-corrected chi connectivity index (χ2v) is 3.82. The van der Waals surface area contributed by atoms with Gasteiger partial charge in [-0.2, -0.15) is 0 Å². The Hall–Kier alpha value is -1.06. The van der Waals surface area contributed by atoms with Crippen molar-refractivity contribution in [1.29, 1.82) is 0 Å². The molecule has 0 aromatic heterocycles. The fourth-order valence-electron chi connectivity index (χ4n) is 1.73. The van der Waals surface area contributed by atoms with Crippen LogP contribution < -0.4 is 10.1 Å². The van der Waals surface area contributed by atoms with E-state index in [2.05, 4.69) is 5.32 Å². The van der Waals surface area contributed by atoms with Gasteiger partial charge in [0, 0.05) is 13.1 Å². The summed E-state index contributed by atoms with van der Waals surface area (Å²) in [5, 5.41) is 13.1. The van der Waals surface area contributed by atoms with Crippen LogP contribution in [-0.4, -0.2) is 25.3 Å². The van der Waals surface area contributed by atoms with Crippen LogP contribution >= 0.6 is 0 Å². The summed E-state index contributed by atoms with van der Waals surface area (Å²) in [6.07, 6.45) is 0. The zero-order valence-electron chi connectivity index (χ0n) is 8.50. The lowest BCUT2D eigenvalue weighted by atomic mass is 9.87. The normalized spacial score (nSPS) is 18.8. The SMILES string of the molecule is COc1ccc(C2(O)CNC2)cc1C. The Bertz CT molecular complexity index is 345. The Morgan fingerprint density at radius 3 is 2.57 bits per heavy atom. The van der Waals surface area contributed by atoms with Crippen molar-refractivity contribution >= 4 is 0 Å². The molecular formula is C11H15NO2. The topological polar surface area (TPSA) is 41.5 Å². The van der Waals surface area contributed by atoms with E-state index in [1.807, 2.05) is 25.1 Å². The molecule has 1 saturated heterocycles. The molecule has 3 nitrogen and oxygen atoms in total. The molecule has 1 heterocycles. The number of nitrogens with one attached hydrogen (secondary N) is 1. The third-order valence-electron chi connectivity index (χ3n) is 2.77. The van der Waals surface area contributed by atoms with Gasteiger partial charge in [0.2, 0.25) is 0 Å². The van der Waals surface area contributed by atoms with Gasteiger partial charge in [-0.05, 0) is 30.2 Å². The van der Waals surface area contributed by atoms with E-state index in [0.717, 1.165) is 16.9 Å². The predicted molar refractivity (Wildman–Crippen MR) is 54.5 cm³/mol. The van der Waals surface area contributed by atoms with Crippen LogP contribution in [0.15, 0.2) is 18.2 Å². The molecule has 14 heavy (non-hydrogen) atoms. The minimum absolute atomic E-state index is 0.638. The average Bonchev–Trinajstić information content (AvgIpc) is 2.14. The number of benzene rings is 1. The summed E-state index contributed by atoms with van der Waals surface area (Å²) in [5.74, 6) is 0.865. The van der Waals surface area contributed by atoms with Gasteiger partial charge < -0.3 is 15.2 Å². The van der Waals surface area contributed by atoms with Crippen molar-refractivity contribution in [3.63, 3.8) is 0 Å². The Morgan fingerprint density at radius 2 is 2.14 bits per heavy atom. The molecule has 0 saturated carbocycles. The van der Waals surface area contributed by atoms with E-state index in [1.54, 1.807) is 7.11 Å². The predicted octanol–water partition coefficient (Wildman–Crippen LogP) is 0.794. The maximum Gasteiger partial charge on any atom is 0.121 e. The molecule has 1 aromatic rings. The summed E-state index contributed by atoms with van der Waals surface area (Å²) in [6, 6.07) is 5.81. The van der Waals surface area contributed by atoms with E-state index in [4.69, 9.17) is 4.74 Å². The van der Waals surface area contributed by atoms with Gasteiger partial charge in [0.1, 0.15) is 11.4 Å². The van der Waals surface area contributed by atoms with Crippen LogP contribution in [0.1, 0.15) is 11.1 Å². The van der Waals surface area contributed by atoms with Crippen molar-refractivity contribution in [2.24, 2.45) is 0 Å². The van der Waals surface area contributed by atoms with E-state index in [9.17, 15) is 5.11 Å². The van der Waals surface area contributed by atoms with Crippen molar-refractivity contribution < 1.29 is 9.84 Å². The average molecular weight is 193 g/mol. The van der Waals surface area contributed by atoms with Crippen LogP contribution in [0.3, 0.4) is 0 Å². The maximum absolute atomic E-state index is 10.1. The lowest BCUT2D eigenvalue weighted by molar-refractivity contribution is -0.0147. The fraction of sp³-hybridized carbons (Fsp3) is 0.455. The Balaban J connectivity index is 2.32. The molecule has 76 valence electrons. The number of β-amino-alcohol motifs (C(OH)–C–C–N with tert-alkyl or cyclic N) is 1. The van der Waals surface area contributed by atoms with Gasteiger partial charge in [-0.1, -0.05) is 6.07 Å². The van der Waals surface area contributed by atoms with Gasteiger partial charge in [-0.15, -0.1) is 0 Å². The Morgan fingerprint density at radius 1 is 1.43 bits per heavy atom. The van der Waals surface area contributed by atoms with Crippen molar-refractivity contribution in [1.82, 2.24) is 5.32 Å². The molecular weight excluding hydrogens is 178 g/mol. The smallest absolute Gasteiger partial charge is 0.121 e. The zero-order chi connectivity index (χ0) is 10.2.